The van der Waals surface area contributed by atoms with Gasteiger partial charge in [-0.05, 0) is 48.5 Å². The Labute approximate surface area is 168 Å². The average Bonchev–Trinajstić information content (AvgIpc) is 2.75. The monoisotopic (exact) mass is 391 g/mol. The summed E-state index contributed by atoms with van der Waals surface area (Å²) in [6, 6.07) is 21.7. The number of carbonyl (C=O) groups is 2. The number of methoxy groups -OCH3 is 2. The van der Waals surface area contributed by atoms with Crippen LogP contribution in [0.15, 0.2) is 72.8 Å². The third-order valence-electron chi connectivity index (χ3n) is 4.07. The second-order valence-electron chi connectivity index (χ2n) is 6.04. The minimum atomic E-state index is -0.817. The molecule has 7 nitrogen and oxygen atoms in total. The number of benzene rings is 3. The number of nitrogens with one attached hydrogen (secondary N) is 3. The lowest BCUT2D eigenvalue weighted by molar-refractivity contribution is -0.133. The van der Waals surface area contributed by atoms with Gasteiger partial charge in [0.05, 0.1) is 19.9 Å². The van der Waals surface area contributed by atoms with Crippen LogP contribution in [0.5, 0.6) is 11.5 Å². The van der Waals surface area contributed by atoms with Gasteiger partial charge in [0.2, 0.25) is 0 Å². The molecular weight excluding hydrogens is 370 g/mol. The first-order valence-corrected chi connectivity index (χ1v) is 8.85. The SMILES string of the molecule is COc1ccc(OC)c(NC(=O)C(=O)Nc2ccc(Nc3ccccc3)cc2)c1. The standard InChI is InChI=1S/C22H21N3O4/c1-28-18-12-13-20(29-2)19(14-18)25-22(27)21(26)24-17-10-8-16(9-11-17)23-15-6-4-3-5-7-15/h3-14,23H,1-2H3,(H,24,26)(H,25,27). The summed E-state index contributed by atoms with van der Waals surface area (Å²) >= 11 is 0. The van der Waals surface area contributed by atoms with Crippen molar-refractivity contribution in [2.45, 2.75) is 0 Å². The van der Waals surface area contributed by atoms with E-state index in [2.05, 4.69) is 16.0 Å². The molecule has 0 bridgehead atoms. The summed E-state index contributed by atoms with van der Waals surface area (Å²) in [6.45, 7) is 0. The number of rotatable bonds is 6. The summed E-state index contributed by atoms with van der Waals surface area (Å²) < 4.78 is 10.3. The van der Waals surface area contributed by atoms with Gasteiger partial charge >= 0.3 is 11.8 Å². The van der Waals surface area contributed by atoms with Crippen LogP contribution in [0, 0.1) is 0 Å². The van der Waals surface area contributed by atoms with E-state index in [1.54, 1.807) is 30.3 Å². The summed E-state index contributed by atoms with van der Waals surface area (Å²) in [4.78, 5) is 24.5. The number of ether oxygens (including phenoxy) is 2. The van der Waals surface area contributed by atoms with Gasteiger partial charge in [-0.1, -0.05) is 18.2 Å². The zero-order valence-electron chi connectivity index (χ0n) is 16.1. The molecule has 3 rings (SSSR count). The van der Waals surface area contributed by atoms with Crippen molar-refractivity contribution < 1.29 is 19.1 Å². The van der Waals surface area contributed by atoms with Gasteiger partial charge in [-0.2, -0.15) is 0 Å². The normalized spacial score (nSPS) is 10.0. The smallest absolute Gasteiger partial charge is 0.314 e. The van der Waals surface area contributed by atoms with E-state index in [9.17, 15) is 9.59 Å². The lowest BCUT2D eigenvalue weighted by Gasteiger charge is -2.12. The van der Waals surface area contributed by atoms with Crippen LogP contribution in [-0.4, -0.2) is 26.0 Å². The molecule has 0 saturated carbocycles. The van der Waals surface area contributed by atoms with Gasteiger partial charge in [0.15, 0.2) is 0 Å². The quantitative estimate of drug-likeness (QED) is 0.552. The maximum absolute atomic E-state index is 12.3. The Morgan fingerprint density at radius 2 is 1.31 bits per heavy atom. The molecule has 148 valence electrons. The Morgan fingerprint density at radius 3 is 1.97 bits per heavy atom. The number of carbonyl (C=O) groups excluding carboxylic acids is 2. The summed E-state index contributed by atoms with van der Waals surface area (Å²) in [5.41, 5.74) is 2.66. The second-order valence-corrected chi connectivity index (χ2v) is 6.04. The van der Waals surface area contributed by atoms with E-state index >= 15 is 0 Å². The number of hydrogen-bond acceptors (Lipinski definition) is 5. The van der Waals surface area contributed by atoms with E-state index in [-0.39, 0.29) is 0 Å². The van der Waals surface area contributed by atoms with E-state index in [0.29, 0.717) is 22.9 Å². The van der Waals surface area contributed by atoms with Crippen LogP contribution in [0.1, 0.15) is 0 Å². The van der Waals surface area contributed by atoms with E-state index in [4.69, 9.17) is 9.47 Å². The number of para-hydroxylation sites is 1. The highest BCUT2D eigenvalue weighted by Crippen LogP contribution is 2.28. The van der Waals surface area contributed by atoms with E-state index in [1.807, 2.05) is 42.5 Å². The molecule has 3 aromatic carbocycles. The van der Waals surface area contributed by atoms with Crippen molar-refractivity contribution in [1.29, 1.82) is 0 Å². The zero-order chi connectivity index (χ0) is 20.6. The Balaban J connectivity index is 1.62. The third kappa shape index (κ3) is 5.26. The van der Waals surface area contributed by atoms with Gasteiger partial charge in [0.1, 0.15) is 11.5 Å². The van der Waals surface area contributed by atoms with Gasteiger partial charge in [-0.25, -0.2) is 0 Å². The fourth-order valence-corrected chi connectivity index (χ4v) is 2.60. The highest BCUT2D eigenvalue weighted by molar-refractivity contribution is 6.43. The zero-order valence-corrected chi connectivity index (χ0v) is 16.1. The molecular formula is C22H21N3O4. The van der Waals surface area contributed by atoms with Crippen LogP contribution < -0.4 is 25.4 Å². The van der Waals surface area contributed by atoms with Gasteiger partial charge in [-0.15, -0.1) is 0 Å². The van der Waals surface area contributed by atoms with Crippen LogP contribution in [0.2, 0.25) is 0 Å². The topological polar surface area (TPSA) is 88.7 Å². The Hall–Kier alpha value is -4.00. The molecule has 0 aromatic heterocycles. The molecule has 7 heteroatoms. The van der Waals surface area contributed by atoms with Crippen molar-refractivity contribution >= 4 is 34.6 Å². The van der Waals surface area contributed by atoms with Gasteiger partial charge < -0.3 is 25.4 Å². The van der Waals surface area contributed by atoms with Crippen molar-refractivity contribution in [3.63, 3.8) is 0 Å². The van der Waals surface area contributed by atoms with Crippen LogP contribution in [0.25, 0.3) is 0 Å². The maximum Gasteiger partial charge on any atom is 0.314 e. The van der Waals surface area contributed by atoms with E-state index in [1.165, 1.54) is 14.2 Å². The van der Waals surface area contributed by atoms with Crippen LogP contribution in [-0.2, 0) is 9.59 Å². The number of amides is 2. The highest BCUT2D eigenvalue weighted by atomic mass is 16.5. The summed E-state index contributed by atoms with van der Waals surface area (Å²) in [7, 11) is 2.99. The summed E-state index contributed by atoms with van der Waals surface area (Å²) in [5, 5.41) is 8.35. The third-order valence-corrected chi connectivity index (χ3v) is 4.07. The summed E-state index contributed by atoms with van der Waals surface area (Å²) in [5.74, 6) is -0.659. The molecule has 29 heavy (non-hydrogen) atoms. The molecule has 0 aliphatic rings. The van der Waals surface area contributed by atoms with E-state index < -0.39 is 11.8 Å². The van der Waals surface area contributed by atoms with Crippen molar-refractivity contribution in [2.75, 3.05) is 30.2 Å². The average molecular weight is 391 g/mol. The maximum atomic E-state index is 12.3. The molecule has 3 N–H and O–H groups in total. The number of anilines is 4. The highest BCUT2D eigenvalue weighted by Gasteiger charge is 2.16. The largest absolute Gasteiger partial charge is 0.497 e. The first-order valence-electron chi connectivity index (χ1n) is 8.85. The first kappa shape index (κ1) is 19.8. The molecule has 0 fully saturated rings. The molecule has 0 atom stereocenters. The Bertz CT molecular complexity index is 989. The predicted octanol–water partition coefficient (Wildman–Crippen LogP) is 4.02. The van der Waals surface area contributed by atoms with Crippen molar-refractivity contribution in [3.8, 4) is 11.5 Å². The van der Waals surface area contributed by atoms with Gasteiger partial charge in [0, 0.05) is 23.1 Å². The minimum Gasteiger partial charge on any atom is -0.497 e. The molecule has 0 heterocycles. The second kappa shape index (κ2) is 9.27. The Morgan fingerprint density at radius 1 is 0.690 bits per heavy atom. The molecule has 2 amide bonds. The molecule has 0 unspecified atom stereocenters. The van der Waals surface area contributed by atoms with Crippen LogP contribution >= 0.6 is 0 Å². The molecule has 0 saturated heterocycles. The minimum absolute atomic E-state index is 0.342. The van der Waals surface area contributed by atoms with Crippen molar-refractivity contribution in [1.82, 2.24) is 0 Å². The van der Waals surface area contributed by atoms with E-state index in [0.717, 1.165) is 11.4 Å². The summed E-state index contributed by atoms with van der Waals surface area (Å²) in [6.07, 6.45) is 0. The molecule has 0 radical (unpaired) electrons. The van der Waals surface area contributed by atoms with Gasteiger partial charge in [0.25, 0.3) is 0 Å². The van der Waals surface area contributed by atoms with Crippen molar-refractivity contribution in [2.24, 2.45) is 0 Å². The molecule has 0 spiro atoms. The fourth-order valence-electron chi connectivity index (χ4n) is 2.60. The number of hydrogen-bond donors (Lipinski definition) is 3. The fraction of sp³-hybridized carbons (Fsp3) is 0.0909. The molecule has 0 aliphatic carbocycles. The molecule has 0 aliphatic heterocycles. The Kier molecular flexibility index (Phi) is 6.32. The van der Waals surface area contributed by atoms with Crippen LogP contribution in [0.4, 0.5) is 22.7 Å². The lowest BCUT2D eigenvalue weighted by Crippen LogP contribution is -2.29. The lowest BCUT2D eigenvalue weighted by atomic mass is 10.2. The molecule has 3 aromatic rings. The van der Waals surface area contributed by atoms with Crippen LogP contribution in [0.3, 0.4) is 0 Å². The van der Waals surface area contributed by atoms with Gasteiger partial charge in [-0.3, -0.25) is 9.59 Å². The van der Waals surface area contributed by atoms with Crippen molar-refractivity contribution in [3.05, 3.63) is 72.8 Å². The first-order chi connectivity index (χ1) is 14.1. The predicted molar refractivity (Wildman–Crippen MR) is 113 cm³/mol.